The summed E-state index contributed by atoms with van der Waals surface area (Å²) in [6.45, 7) is 9.04. The quantitative estimate of drug-likeness (QED) is 0.0344. The first-order valence-electron chi connectivity index (χ1n) is 28.4. The Kier molecular flexibility index (Phi) is 50.1. The molecular weight excluding hydrogens is 781 g/mol. The fraction of sp³-hybridized carbons (Fsp3) is 0.947. The summed E-state index contributed by atoms with van der Waals surface area (Å²) in [6.07, 6.45) is 55.3. The second-order valence-electron chi connectivity index (χ2n) is 20.1. The lowest BCUT2D eigenvalue weighted by Gasteiger charge is -2.18. The third-order valence-electron chi connectivity index (χ3n) is 13.0. The van der Waals surface area contributed by atoms with E-state index in [2.05, 4.69) is 27.7 Å². The van der Waals surface area contributed by atoms with Gasteiger partial charge in [-0.25, -0.2) is 0 Å². The van der Waals surface area contributed by atoms with Crippen LogP contribution in [0.1, 0.15) is 323 Å². The summed E-state index contributed by atoms with van der Waals surface area (Å²) in [5.41, 5.74) is 0. The summed E-state index contributed by atoms with van der Waals surface area (Å²) in [5, 5.41) is 0. The molecule has 0 bridgehead atoms. The molecule has 0 rings (SSSR count). The Balaban J connectivity index is 4.21. The molecule has 0 saturated heterocycles. The van der Waals surface area contributed by atoms with Crippen LogP contribution in [0.5, 0.6) is 0 Å². The summed E-state index contributed by atoms with van der Waals surface area (Å²) in [4.78, 5) is 38.0. The number of rotatable bonds is 52. The van der Waals surface area contributed by atoms with Crippen LogP contribution >= 0.6 is 0 Å². The molecule has 63 heavy (non-hydrogen) atoms. The Labute approximate surface area is 393 Å². The van der Waals surface area contributed by atoms with Crippen LogP contribution in [0.2, 0.25) is 0 Å². The third kappa shape index (κ3) is 51.3. The van der Waals surface area contributed by atoms with Gasteiger partial charge in [0.15, 0.2) is 6.10 Å². The van der Waals surface area contributed by atoms with Crippen LogP contribution in [0.3, 0.4) is 0 Å². The molecule has 6 nitrogen and oxygen atoms in total. The summed E-state index contributed by atoms with van der Waals surface area (Å²) >= 11 is 0. The van der Waals surface area contributed by atoms with Gasteiger partial charge >= 0.3 is 17.9 Å². The predicted molar refractivity (Wildman–Crippen MR) is 270 cm³/mol. The van der Waals surface area contributed by atoms with Crippen LogP contribution in [-0.4, -0.2) is 37.2 Å². The maximum absolute atomic E-state index is 12.8. The normalized spacial score (nSPS) is 12.0. The van der Waals surface area contributed by atoms with Crippen molar-refractivity contribution in [2.45, 2.75) is 329 Å². The lowest BCUT2D eigenvalue weighted by Crippen LogP contribution is -2.30. The summed E-state index contributed by atoms with van der Waals surface area (Å²) < 4.78 is 16.8. The van der Waals surface area contributed by atoms with E-state index >= 15 is 0 Å². The van der Waals surface area contributed by atoms with Crippen LogP contribution in [-0.2, 0) is 28.6 Å². The van der Waals surface area contributed by atoms with Gasteiger partial charge in [0.2, 0.25) is 0 Å². The van der Waals surface area contributed by atoms with Crippen LogP contribution in [0.4, 0.5) is 0 Å². The van der Waals surface area contributed by atoms with E-state index in [0.29, 0.717) is 19.3 Å². The van der Waals surface area contributed by atoms with Crippen LogP contribution in [0.15, 0.2) is 0 Å². The van der Waals surface area contributed by atoms with Crippen molar-refractivity contribution >= 4 is 17.9 Å². The summed E-state index contributed by atoms with van der Waals surface area (Å²) in [7, 11) is 0. The molecule has 0 radical (unpaired) electrons. The van der Waals surface area contributed by atoms with Gasteiger partial charge < -0.3 is 14.2 Å². The first-order valence-corrected chi connectivity index (χ1v) is 28.4. The van der Waals surface area contributed by atoms with Crippen LogP contribution in [0, 0.1) is 5.92 Å². The van der Waals surface area contributed by atoms with Gasteiger partial charge in [0.25, 0.3) is 0 Å². The molecule has 0 aliphatic rings. The van der Waals surface area contributed by atoms with Crippen molar-refractivity contribution in [2.75, 3.05) is 13.2 Å². The molecule has 0 aliphatic carbocycles. The van der Waals surface area contributed by atoms with Crippen molar-refractivity contribution in [2.24, 2.45) is 5.92 Å². The SMILES string of the molecule is CCCCCCCCCCCCCCCCCCCCCC(=O)OC[C@@H](COC(=O)CCCCCCCCCCCCCCCC(C)C)OC(=O)CCCCCCCCCCCC. The van der Waals surface area contributed by atoms with Gasteiger partial charge in [-0.1, -0.05) is 285 Å². The zero-order valence-electron chi connectivity index (χ0n) is 43.0. The van der Waals surface area contributed by atoms with Gasteiger partial charge in [-0.05, 0) is 25.2 Å². The first-order chi connectivity index (χ1) is 30.9. The second kappa shape index (κ2) is 51.4. The molecule has 1 atom stereocenters. The smallest absolute Gasteiger partial charge is 0.306 e. The number of hydrogen-bond acceptors (Lipinski definition) is 6. The molecule has 0 aromatic rings. The number of esters is 3. The molecule has 6 heteroatoms. The van der Waals surface area contributed by atoms with Crippen LogP contribution in [0.25, 0.3) is 0 Å². The van der Waals surface area contributed by atoms with Crippen molar-refractivity contribution in [3.63, 3.8) is 0 Å². The van der Waals surface area contributed by atoms with Gasteiger partial charge in [-0.3, -0.25) is 14.4 Å². The molecule has 0 amide bonds. The minimum atomic E-state index is -0.761. The Bertz CT molecular complexity index is 949. The zero-order valence-corrected chi connectivity index (χ0v) is 43.0. The van der Waals surface area contributed by atoms with Crippen molar-refractivity contribution in [3.05, 3.63) is 0 Å². The minimum absolute atomic E-state index is 0.0622. The lowest BCUT2D eigenvalue weighted by molar-refractivity contribution is -0.167. The van der Waals surface area contributed by atoms with E-state index in [4.69, 9.17) is 14.2 Å². The van der Waals surface area contributed by atoms with Crippen molar-refractivity contribution in [1.82, 2.24) is 0 Å². The number of carbonyl (C=O) groups is 3. The van der Waals surface area contributed by atoms with E-state index in [1.165, 1.54) is 218 Å². The summed E-state index contributed by atoms with van der Waals surface area (Å²) in [5.74, 6) is 0.000132. The molecule has 0 spiro atoms. The average molecular weight is 892 g/mol. The Hall–Kier alpha value is -1.59. The van der Waals surface area contributed by atoms with Crippen molar-refractivity contribution in [3.8, 4) is 0 Å². The molecule has 374 valence electrons. The van der Waals surface area contributed by atoms with Crippen molar-refractivity contribution in [1.29, 1.82) is 0 Å². The fourth-order valence-corrected chi connectivity index (χ4v) is 8.75. The number of ether oxygens (including phenoxy) is 3. The standard InChI is InChI=1S/C57H110O6/c1-5-7-9-11-13-15-17-18-19-20-21-22-23-26-29-33-36-40-44-48-55(58)61-51-54(63-57(60)50-46-42-38-32-16-14-12-10-8-6-2)52-62-56(59)49-45-41-37-34-30-27-24-25-28-31-35-39-43-47-53(3)4/h53-54H,5-52H2,1-4H3/t54-/m0/s1. The second-order valence-corrected chi connectivity index (χ2v) is 20.1. The molecule has 0 aliphatic heterocycles. The molecular formula is C57H110O6. The highest BCUT2D eigenvalue weighted by molar-refractivity contribution is 5.71. The van der Waals surface area contributed by atoms with Crippen LogP contribution < -0.4 is 0 Å². The highest BCUT2D eigenvalue weighted by Crippen LogP contribution is 2.18. The molecule has 0 heterocycles. The van der Waals surface area contributed by atoms with Gasteiger partial charge in [-0.2, -0.15) is 0 Å². The first kappa shape index (κ1) is 61.4. The molecule has 0 aromatic carbocycles. The maximum atomic E-state index is 12.8. The molecule has 0 N–H and O–H groups in total. The average Bonchev–Trinajstić information content (AvgIpc) is 3.27. The Morgan fingerprint density at radius 2 is 0.524 bits per heavy atom. The van der Waals surface area contributed by atoms with Gasteiger partial charge in [0, 0.05) is 19.3 Å². The largest absolute Gasteiger partial charge is 0.462 e. The van der Waals surface area contributed by atoms with E-state index < -0.39 is 6.10 Å². The maximum Gasteiger partial charge on any atom is 0.306 e. The zero-order chi connectivity index (χ0) is 45.9. The topological polar surface area (TPSA) is 78.9 Å². The predicted octanol–water partition coefficient (Wildman–Crippen LogP) is 18.6. The third-order valence-corrected chi connectivity index (χ3v) is 13.0. The summed E-state index contributed by atoms with van der Waals surface area (Å²) in [6, 6.07) is 0. The fourth-order valence-electron chi connectivity index (χ4n) is 8.75. The number of unbranched alkanes of at least 4 members (excludes halogenated alkanes) is 39. The Morgan fingerprint density at radius 1 is 0.302 bits per heavy atom. The number of hydrogen-bond donors (Lipinski definition) is 0. The minimum Gasteiger partial charge on any atom is -0.462 e. The van der Waals surface area contributed by atoms with E-state index in [9.17, 15) is 14.4 Å². The molecule has 0 unspecified atom stereocenters. The highest BCUT2D eigenvalue weighted by atomic mass is 16.6. The molecule has 0 saturated carbocycles. The highest BCUT2D eigenvalue weighted by Gasteiger charge is 2.19. The lowest BCUT2D eigenvalue weighted by atomic mass is 10.0. The molecule has 0 fully saturated rings. The molecule has 0 aromatic heterocycles. The van der Waals surface area contributed by atoms with E-state index in [-0.39, 0.29) is 31.1 Å². The van der Waals surface area contributed by atoms with Gasteiger partial charge in [0.1, 0.15) is 13.2 Å². The van der Waals surface area contributed by atoms with Gasteiger partial charge in [-0.15, -0.1) is 0 Å². The van der Waals surface area contributed by atoms with E-state index in [0.717, 1.165) is 63.7 Å². The monoisotopic (exact) mass is 891 g/mol. The Morgan fingerprint density at radius 3 is 0.778 bits per heavy atom. The van der Waals surface area contributed by atoms with E-state index in [1.54, 1.807) is 0 Å². The number of carbonyl (C=O) groups excluding carboxylic acids is 3. The van der Waals surface area contributed by atoms with Crippen molar-refractivity contribution < 1.29 is 28.6 Å². The van der Waals surface area contributed by atoms with E-state index in [1.807, 2.05) is 0 Å². The van der Waals surface area contributed by atoms with Gasteiger partial charge in [0.05, 0.1) is 0 Å².